The summed E-state index contributed by atoms with van der Waals surface area (Å²) >= 11 is 7.15. The average Bonchev–Trinajstić information content (AvgIpc) is 3.22. The average molecular weight is 476 g/mol. The van der Waals surface area contributed by atoms with Crippen LogP contribution >= 0.6 is 23.4 Å². The van der Waals surface area contributed by atoms with Gasteiger partial charge in [-0.1, -0.05) is 53.7 Å². The standard InChI is InChI=1S/C25H18ClN3O3S/c1-32-21-9-5-4-8-19(21)29-24(31)23-22(17-6-2-3-7-18(17)27-23)28-25(29)33-14-20(30)15-10-12-16(26)13-11-15/h2-13,27H,14H2,1H3. The zero-order valence-corrected chi connectivity index (χ0v) is 19.1. The highest BCUT2D eigenvalue weighted by Crippen LogP contribution is 2.29. The van der Waals surface area contributed by atoms with Crippen LogP contribution in [0.15, 0.2) is 82.7 Å². The Kier molecular flexibility index (Phi) is 5.66. The van der Waals surface area contributed by atoms with Gasteiger partial charge in [0.1, 0.15) is 16.8 Å². The summed E-state index contributed by atoms with van der Waals surface area (Å²) in [7, 11) is 1.55. The maximum atomic E-state index is 13.7. The number of benzene rings is 3. The molecule has 0 aliphatic rings. The Bertz CT molecular complexity index is 1560. The molecule has 0 aliphatic carbocycles. The van der Waals surface area contributed by atoms with Crippen molar-refractivity contribution < 1.29 is 9.53 Å². The Balaban J connectivity index is 1.66. The lowest BCUT2D eigenvalue weighted by Crippen LogP contribution is -2.22. The summed E-state index contributed by atoms with van der Waals surface area (Å²) in [5, 5.41) is 1.82. The molecule has 2 heterocycles. The lowest BCUT2D eigenvalue weighted by Gasteiger charge is -2.14. The summed E-state index contributed by atoms with van der Waals surface area (Å²) in [4.78, 5) is 34.5. The molecule has 6 nitrogen and oxygen atoms in total. The molecule has 0 saturated heterocycles. The molecule has 5 aromatic rings. The van der Waals surface area contributed by atoms with E-state index in [4.69, 9.17) is 21.3 Å². The van der Waals surface area contributed by atoms with E-state index in [1.54, 1.807) is 43.5 Å². The van der Waals surface area contributed by atoms with Gasteiger partial charge in [0.25, 0.3) is 5.56 Å². The van der Waals surface area contributed by atoms with Crippen molar-refractivity contribution in [1.29, 1.82) is 0 Å². The number of hydrogen-bond acceptors (Lipinski definition) is 5. The first kappa shape index (κ1) is 21.3. The molecule has 0 amide bonds. The molecular weight excluding hydrogens is 458 g/mol. The lowest BCUT2D eigenvalue weighted by atomic mass is 10.1. The molecule has 0 saturated carbocycles. The number of para-hydroxylation sites is 3. The van der Waals surface area contributed by atoms with E-state index in [-0.39, 0.29) is 17.1 Å². The molecule has 0 aliphatic heterocycles. The summed E-state index contributed by atoms with van der Waals surface area (Å²) in [5.41, 5.74) is 2.63. The summed E-state index contributed by atoms with van der Waals surface area (Å²) in [6, 6.07) is 21.6. The van der Waals surface area contributed by atoms with E-state index in [2.05, 4.69) is 4.98 Å². The molecule has 8 heteroatoms. The fraction of sp³-hybridized carbons (Fsp3) is 0.0800. The fourth-order valence-electron chi connectivity index (χ4n) is 3.72. The van der Waals surface area contributed by atoms with Gasteiger partial charge in [0.2, 0.25) is 0 Å². The van der Waals surface area contributed by atoms with Crippen molar-refractivity contribution in [2.75, 3.05) is 12.9 Å². The number of fused-ring (bicyclic) bond motifs is 3. The van der Waals surface area contributed by atoms with E-state index >= 15 is 0 Å². The zero-order valence-electron chi connectivity index (χ0n) is 17.5. The largest absolute Gasteiger partial charge is 0.495 e. The molecule has 3 aromatic carbocycles. The van der Waals surface area contributed by atoms with Crippen LogP contribution in [0.5, 0.6) is 5.75 Å². The number of carbonyl (C=O) groups excluding carboxylic acids is 1. The predicted molar refractivity (Wildman–Crippen MR) is 132 cm³/mol. The van der Waals surface area contributed by atoms with Gasteiger partial charge in [-0.25, -0.2) is 9.55 Å². The summed E-state index contributed by atoms with van der Waals surface area (Å²) < 4.78 is 7.00. The topological polar surface area (TPSA) is 77.0 Å². The number of hydrogen-bond donors (Lipinski definition) is 1. The van der Waals surface area contributed by atoms with E-state index in [1.165, 1.54) is 16.3 Å². The Hall–Kier alpha value is -3.55. The van der Waals surface area contributed by atoms with Gasteiger partial charge in [0, 0.05) is 21.5 Å². The minimum atomic E-state index is -0.262. The van der Waals surface area contributed by atoms with Crippen molar-refractivity contribution >= 4 is 51.1 Å². The number of aromatic nitrogens is 3. The molecule has 164 valence electrons. The highest BCUT2D eigenvalue weighted by atomic mass is 35.5. The number of rotatable bonds is 6. The van der Waals surface area contributed by atoms with Crippen molar-refractivity contribution in [3.05, 3.63) is 93.7 Å². The lowest BCUT2D eigenvalue weighted by molar-refractivity contribution is 0.102. The summed E-state index contributed by atoms with van der Waals surface area (Å²) in [5.74, 6) is 0.552. The van der Waals surface area contributed by atoms with Gasteiger partial charge in [0.05, 0.1) is 18.6 Å². The van der Waals surface area contributed by atoms with Crippen molar-refractivity contribution in [2.45, 2.75) is 5.16 Å². The molecule has 0 bridgehead atoms. The van der Waals surface area contributed by atoms with Crippen LogP contribution in [0.25, 0.3) is 27.6 Å². The van der Waals surface area contributed by atoms with Gasteiger partial charge in [-0.15, -0.1) is 0 Å². The summed E-state index contributed by atoms with van der Waals surface area (Å²) in [6.45, 7) is 0. The number of carbonyl (C=O) groups is 1. The molecule has 1 N–H and O–H groups in total. The highest BCUT2D eigenvalue weighted by Gasteiger charge is 2.20. The van der Waals surface area contributed by atoms with Crippen LogP contribution < -0.4 is 10.3 Å². The number of nitrogens with zero attached hydrogens (tertiary/aromatic N) is 2. The van der Waals surface area contributed by atoms with Crippen molar-refractivity contribution in [1.82, 2.24) is 14.5 Å². The molecule has 0 fully saturated rings. The third-order valence-corrected chi connectivity index (χ3v) is 6.51. The van der Waals surface area contributed by atoms with Crippen LogP contribution in [0.4, 0.5) is 0 Å². The minimum absolute atomic E-state index is 0.0866. The number of H-pyrrole nitrogens is 1. The van der Waals surface area contributed by atoms with E-state index in [1.807, 2.05) is 36.4 Å². The van der Waals surface area contributed by atoms with Gasteiger partial charge in [-0.3, -0.25) is 9.59 Å². The van der Waals surface area contributed by atoms with E-state index in [9.17, 15) is 9.59 Å². The molecule has 33 heavy (non-hydrogen) atoms. The number of aromatic amines is 1. The van der Waals surface area contributed by atoms with E-state index in [0.717, 1.165) is 10.9 Å². The molecule has 0 unspecified atom stereocenters. The maximum Gasteiger partial charge on any atom is 0.283 e. The number of Topliss-reactive ketones (excluding diaryl/α,β-unsaturated/α-hetero) is 1. The van der Waals surface area contributed by atoms with Crippen LogP contribution in [0.1, 0.15) is 10.4 Å². The number of nitrogens with one attached hydrogen (secondary N) is 1. The Labute approximate surface area is 198 Å². The van der Waals surface area contributed by atoms with Gasteiger partial charge in [-0.05, 0) is 42.5 Å². The Morgan fingerprint density at radius 2 is 1.79 bits per heavy atom. The fourth-order valence-corrected chi connectivity index (χ4v) is 4.73. The van der Waals surface area contributed by atoms with Crippen molar-refractivity contribution in [2.24, 2.45) is 0 Å². The van der Waals surface area contributed by atoms with Gasteiger partial charge in [0.15, 0.2) is 10.9 Å². The van der Waals surface area contributed by atoms with Crippen LogP contribution in [0.3, 0.4) is 0 Å². The number of ketones is 1. The normalized spacial score (nSPS) is 11.2. The minimum Gasteiger partial charge on any atom is -0.495 e. The maximum absolute atomic E-state index is 13.7. The number of ether oxygens (including phenoxy) is 1. The van der Waals surface area contributed by atoms with Crippen LogP contribution in [0.2, 0.25) is 5.02 Å². The monoisotopic (exact) mass is 475 g/mol. The van der Waals surface area contributed by atoms with Crippen LogP contribution in [-0.2, 0) is 0 Å². The number of methoxy groups -OCH3 is 1. The van der Waals surface area contributed by atoms with Crippen molar-refractivity contribution in [3.8, 4) is 11.4 Å². The van der Waals surface area contributed by atoms with Crippen molar-refractivity contribution in [3.63, 3.8) is 0 Å². The third-order valence-electron chi connectivity index (χ3n) is 5.32. The van der Waals surface area contributed by atoms with Gasteiger partial charge < -0.3 is 9.72 Å². The van der Waals surface area contributed by atoms with Crippen LogP contribution in [0, 0.1) is 0 Å². The molecule has 0 spiro atoms. The highest BCUT2D eigenvalue weighted by molar-refractivity contribution is 7.99. The third kappa shape index (κ3) is 3.90. The Morgan fingerprint density at radius 1 is 1.06 bits per heavy atom. The zero-order chi connectivity index (χ0) is 22.9. The first-order chi connectivity index (χ1) is 16.1. The second-order valence-corrected chi connectivity index (χ2v) is 8.70. The van der Waals surface area contributed by atoms with E-state index < -0.39 is 0 Å². The smallest absolute Gasteiger partial charge is 0.283 e. The molecule has 5 rings (SSSR count). The SMILES string of the molecule is COc1ccccc1-n1c(SCC(=O)c2ccc(Cl)cc2)nc2c([nH]c3ccccc32)c1=O. The van der Waals surface area contributed by atoms with Gasteiger partial charge >= 0.3 is 0 Å². The van der Waals surface area contributed by atoms with Gasteiger partial charge in [-0.2, -0.15) is 0 Å². The number of halogens is 1. The second-order valence-electron chi connectivity index (χ2n) is 7.32. The predicted octanol–water partition coefficient (Wildman–Crippen LogP) is 5.50. The first-order valence-corrected chi connectivity index (χ1v) is 11.5. The number of thioether (sulfide) groups is 1. The quantitative estimate of drug-likeness (QED) is 0.199. The molecule has 0 radical (unpaired) electrons. The molecule has 2 aromatic heterocycles. The second kappa shape index (κ2) is 8.77. The summed E-state index contributed by atoms with van der Waals surface area (Å²) in [6.07, 6.45) is 0. The first-order valence-electron chi connectivity index (χ1n) is 10.2. The molecular formula is C25H18ClN3O3S. The van der Waals surface area contributed by atoms with E-state index in [0.29, 0.717) is 38.2 Å². The van der Waals surface area contributed by atoms with Crippen LogP contribution in [-0.4, -0.2) is 33.2 Å². The Morgan fingerprint density at radius 3 is 2.58 bits per heavy atom. The molecule has 0 atom stereocenters.